The molecule has 4 rings (SSSR count). The van der Waals surface area contributed by atoms with E-state index in [4.69, 9.17) is 4.74 Å². The fourth-order valence-electron chi connectivity index (χ4n) is 3.77. The molecular weight excluding hydrogens is 328 g/mol. The van der Waals surface area contributed by atoms with Crippen LogP contribution in [0.1, 0.15) is 38.1 Å². The Labute approximate surface area is 152 Å². The van der Waals surface area contributed by atoms with E-state index in [9.17, 15) is 4.79 Å². The number of aromatic amines is 1. The molecule has 1 fully saturated rings. The maximum Gasteiger partial charge on any atom is 0.222 e. The number of aromatic nitrogens is 3. The van der Waals surface area contributed by atoms with Gasteiger partial charge in [-0.3, -0.25) is 4.79 Å². The highest BCUT2D eigenvalue weighted by molar-refractivity contribution is 5.78. The Morgan fingerprint density at radius 2 is 2.00 bits per heavy atom. The summed E-state index contributed by atoms with van der Waals surface area (Å²) in [5, 5.41) is 3.10. The van der Waals surface area contributed by atoms with Crippen LogP contribution in [0.5, 0.6) is 0 Å². The standard InChI is InChI=1S/C20H24N4O2/c1-15(19-22-16-6-2-3-7-17(16)23-19)21-18(25)14-20(8-12-26-13-9-20)24-10-4-5-11-24/h2-7,10-11,15H,8-9,12-14H2,1H3,(H,21,25)(H,22,23). The van der Waals surface area contributed by atoms with E-state index in [1.165, 1.54) is 0 Å². The highest BCUT2D eigenvalue weighted by Gasteiger charge is 2.36. The van der Waals surface area contributed by atoms with Gasteiger partial charge >= 0.3 is 0 Å². The second kappa shape index (κ2) is 6.96. The molecule has 136 valence electrons. The zero-order valence-electron chi connectivity index (χ0n) is 14.9. The van der Waals surface area contributed by atoms with E-state index >= 15 is 0 Å². The molecule has 1 unspecified atom stereocenters. The first-order valence-corrected chi connectivity index (χ1v) is 9.11. The average molecular weight is 352 g/mol. The molecule has 0 radical (unpaired) electrons. The number of H-pyrrole nitrogens is 1. The molecule has 3 aromatic rings. The number of carbonyl (C=O) groups excluding carboxylic acids is 1. The van der Waals surface area contributed by atoms with E-state index < -0.39 is 0 Å². The Morgan fingerprint density at radius 3 is 2.73 bits per heavy atom. The monoisotopic (exact) mass is 352 g/mol. The molecule has 1 aliphatic rings. The summed E-state index contributed by atoms with van der Waals surface area (Å²) in [6, 6.07) is 11.7. The number of carbonyl (C=O) groups is 1. The van der Waals surface area contributed by atoms with Crippen LogP contribution < -0.4 is 5.32 Å². The fourth-order valence-corrected chi connectivity index (χ4v) is 3.77. The van der Waals surface area contributed by atoms with Gasteiger partial charge in [-0.1, -0.05) is 12.1 Å². The van der Waals surface area contributed by atoms with E-state index in [1.54, 1.807) is 0 Å². The van der Waals surface area contributed by atoms with Crippen LogP contribution in [-0.4, -0.2) is 33.7 Å². The largest absolute Gasteiger partial charge is 0.381 e. The van der Waals surface area contributed by atoms with Crippen molar-refractivity contribution in [2.24, 2.45) is 0 Å². The number of hydrogen-bond acceptors (Lipinski definition) is 3. The maximum atomic E-state index is 12.8. The summed E-state index contributed by atoms with van der Waals surface area (Å²) in [7, 11) is 0. The summed E-state index contributed by atoms with van der Waals surface area (Å²) in [6.07, 6.45) is 6.21. The molecule has 0 bridgehead atoms. The lowest BCUT2D eigenvalue weighted by molar-refractivity contribution is -0.125. The normalized spacial score (nSPS) is 17.9. The molecule has 0 spiro atoms. The van der Waals surface area contributed by atoms with Gasteiger partial charge in [0.2, 0.25) is 5.91 Å². The van der Waals surface area contributed by atoms with Crippen molar-refractivity contribution in [3.63, 3.8) is 0 Å². The summed E-state index contributed by atoms with van der Waals surface area (Å²) in [5.74, 6) is 0.815. The number of amides is 1. The topological polar surface area (TPSA) is 71.9 Å². The van der Waals surface area contributed by atoms with Crippen molar-refractivity contribution >= 4 is 16.9 Å². The summed E-state index contributed by atoms with van der Waals surface area (Å²) >= 11 is 0. The second-order valence-corrected chi connectivity index (χ2v) is 7.03. The number of rotatable bonds is 5. The van der Waals surface area contributed by atoms with Crippen LogP contribution in [0.3, 0.4) is 0 Å². The summed E-state index contributed by atoms with van der Waals surface area (Å²) < 4.78 is 7.70. The van der Waals surface area contributed by atoms with Crippen LogP contribution in [0.25, 0.3) is 11.0 Å². The van der Waals surface area contributed by atoms with Gasteiger partial charge in [0.15, 0.2) is 0 Å². The minimum absolute atomic E-state index is 0.0357. The molecule has 2 aromatic heterocycles. The number of nitrogens with one attached hydrogen (secondary N) is 2. The summed E-state index contributed by atoms with van der Waals surface area (Å²) in [5.41, 5.74) is 1.69. The summed E-state index contributed by atoms with van der Waals surface area (Å²) in [6.45, 7) is 3.33. The zero-order chi connectivity index (χ0) is 18.0. The number of hydrogen-bond donors (Lipinski definition) is 2. The molecule has 1 amide bonds. The third-order valence-corrected chi connectivity index (χ3v) is 5.26. The lowest BCUT2D eigenvalue weighted by Crippen LogP contribution is -2.43. The Balaban J connectivity index is 1.48. The molecule has 6 heteroatoms. The minimum Gasteiger partial charge on any atom is -0.381 e. The molecule has 6 nitrogen and oxygen atoms in total. The van der Waals surface area contributed by atoms with Crippen molar-refractivity contribution in [3.8, 4) is 0 Å². The van der Waals surface area contributed by atoms with Crippen molar-refractivity contribution in [2.45, 2.75) is 37.8 Å². The van der Waals surface area contributed by atoms with Crippen molar-refractivity contribution in [2.75, 3.05) is 13.2 Å². The van der Waals surface area contributed by atoms with Gasteiger partial charge < -0.3 is 19.6 Å². The minimum atomic E-state index is -0.209. The maximum absolute atomic E-state index is 12.8. The molecule has 1 aliphatic heterocycles. The molecule has 1 aromatic carbocycles. The quantitative estimate of drug-likeness (QED) is 0.741. The van der Waals surface area contributed by atoms with Gasteiger partial charge in [-0.15, -0.1) is 0 Å². The van der Waals surface area contributed by atoms with Gasteiger partial charge in [-0.25, -0.2) is 4.98 Å². The third-order valence-electron chi connectivity index (χ3n) is 5.26. The van der Waals surface area contributed by atoms with E-state index in [1.807, 2.05) is 55.7 Å². The van der Waals surface area contributed by atoms with Gasteiger partial charge in [0.25, 0.3) is 0 Å². The Kier molecular flexibility index (Phi) is 4.51. The van der Waals surface area contributed by atoms with Crippen molar-refractivity contribution < 1.29 is 9.53 Å². The molecule has 0 saturated carbocycles. The second-order valence-electron chi connectivity index (χ2n) is 7.03. The van der Waals surface area contributed by atoms with Crippen molar-refractivity contribution in [1.82, 2.24) is 19.9 Å². The SMILES string of the molecule is CC(NC(=O)CC1(n2cccc2)CCOCC1)c1nc2ccccc2[nH]1. The van der Waals surface area contributed by atoms with Crippen LogP contribution in [0.15, 0.2) is 48.8 Å². The van der Waals surface area contributed by atoms with Gasteiger partial charge in [0, 0.05) is 25.6 Å². The van der Waals surface area contributed by atoms with E-state index in [-0.39, 0.29) is 17.5 Å². The average Bonchev–Trinajstić information content (AvgIpc) is 3.32. The highest BCUT2D eigenvalue weighted by atomic mass is 16.5. The fraction of sp³-hybridized carbons (Fsp3) is 0.400. The van der Waals surface area contributed by atoms with Crippen LogP contribution >= 0.6 is 0 Å². The first kappa shape index (κ1) is 16.8. The lowest BCUT2D eigenvalue weighted by Gasteiger charge is -2.38. The van der Waals surface area contributed by atoms with E-state index in [0.717, 1.165) is 29.7 Å². The van der Waals surface area contributed by atoms with Crippen molar-refractivity contribution in [1.29, 1.82) is 0 Å². The number of para-hydroxylation sites is 2. The van der Waals surface area contributed by atoms with Crippen LogP contribution in [0.2, 0.25) is 0 Å². The molecule has 2 N–H and O–H groups in total. The Morgan fingerprint density at radius 1 is 1.27 bits per heavy atom. The van der Waals surface area contributed by atoms with Crippen molar-refractivity contribution in [3.05, 3.63) is 54.6 Å². The zero-order valence-corrected chi connectivity index (χ0v) is 14.9. The number of benzene rings is 1. The number of fused-ring (bicyclic) bond motifs is 1. The molecular formula is C20H24N4O2. The molecule has 1 atom stereocenters. The lowest BCUT2D eigenvalue weighted by atomic mass is 9.85. The summed E-state index contributed by atoms with van der Waals surface area (Å²) in [4.78, 5) is 20.7. The van der Waals surface area contributed by atoms with Crippen LogP contribution in [0, 0.1) is 0 Å². The van der Waals surface area contributed by atoms with E-state index in [0.29, 0.717) is 19.6 Å². The van der Waals surface area contributed by atoms with Gasteiger partial charge in [0.1, 0.15) is 5.82 Å². The van der Waals surface area contributed by atoms with Crippen LogP contribution in [0.4, 0.5) is 0 Å². The Bertz CT molecular complexity index is 845. The number of nitrogens with zero attached hydrogens (tertiary/aromatic N) is 2. The predicted octanol–water partition coefficient (Wildman–Crippen LogP) is 3.14. The molecule has 26 heavy (non-hydrogen) atoms. The molecule has 3 heterocycles. The van der Waals surface area contributed by atoms with E-state index in [2.05, 4.69) is 19.9 Å². The molecule has 0 aliphatic carbocycles. The molecule has 1 saturated heterocycles. The van der Waals surface area contributed by atoms with Gasteiger partial charge in [0.05, 0.1) is 29.0 Å². The smallest absolute Gasteiger partial charge is 0.222 e. The number of imidazole rings is 1. The van der Waals surface area contributed by atoms with Gasteiger partial charge in [-0.05, 0) is 44.0 Å². The Hall–Kier alpha value is -2.60. The van der Waals surface area contributed by atoms with Crippen LogP contribution in [-0.2, 0) is 15.1 Å². The predicted molar refractivity (Wildman–Crippen MR) is 99.7 cm³/mol. The first-order valence-electron chi connectivity index (χ1n) is 9.11. The van der Waals surface area contributed by atoms with Gasteiger partial charge in [-0.2, -0.15) is 0 Å². The number of ether oxygens (including phenoxy) is 1. The third kappa shape index (κ3) is 3.24. The highest BCUT2D eigenvalue weighted by Crippen LogP contribution is 2.33. The first-order chi connectivity index (χ1) is 12.7.